The van der Waals surface area contributed by atoms with Crippen molar-refractivity contribution in [1.82, 2.24) is 9.71 Å². The highest BCUT2D eigenvalue weighted by Crippen LogP contribution is 2.35. The fourth-order valence-electron chi connectivity index (χ4n) is 3.59. The van der Waals surface area contributed by atoms with E-state index in [2.05, 4.69) is 9.71 Å². The molecule has 0 spiro atoms. The van der Waals surface area contributed by atoms with Gasteiger partial charge in [-0.05, 0) is 66.3 Å². The van der Waals surface area contributed by atoms with Crippen LogP contribution in [0.15, 0.2) is 71.9 Å². The molecule has 0 bridgehead atoms. The van der Waals surface area contributed by atoms with E-state index < -0.39 is 32.7 Å². The summed E-state index contributed by atoms with van der Waals surface area (Å²) in [6.07, 6.45) is -0.636. The van der Waals surface area contributed by atoms with Gasteiger partial charge < -0.3 is 0 Å². The lowest BCUT2D eigenvalue weighted by molar-refractivity contribution is -0.139. The maximum absolute atomic E-state index is 13.4. The number of unbranched alkanes of at least 4 members (excludes halogenated alkanes) is 1. The lowest BCUT2D eigenvalue weighted by Crippen LogP contribution is -2.30. The van der Waals surface area contributed by atoms with Gasteiger partial charge >= 0.3 is 6.18 Å². The zero-order chi connectivity index (χ0) is 24.1. The van der Waals surface area contributed by atoms with E-state index in [0.29, 0.717) is 12.0 Å². The van der Waals surface area contributed by atoms with Gasteiger partial charge in [0.2, 0.25) is 10.0 Å². The molecule has 33 heavy (non-hydrogen) atoms. The largest absolute Gasteiger partial charge is 0.417 e. The Morgan fingerprint density at radius 2 is 1.88 bits per heavy atom. The van der Waals surface area contributed by atoms with Crippen LogP contribution in [0.5, 0.6) is 0 Å². The molecule has 0 saturated heterocycles. The van der Waals surface area contributed by atoms with E-state index >= 15 is 0 Å². The number of aromatic nitrogens is 1. The minimum absolute atomic E-state index is 0.195. The zero-order valence-electron chi connectivity index (χ0n) is 17.8. The third-order valence-electron chi connectivity index (χ3n) is 5.18. The van der Waals surface area contributed by atoms with Crippen molar-refractivity contribution in [2.75, 3.05) is 0 Å². The van der Waals surface area contributed by atoms with Crippen LogP contribution in [0.1, 0.15) is 42.0 Å². The van der Waals surface area contributed by atoms with Crippen LogP contribution in [0.4, 0.5) is 13.2 Å². The summed E-state index contributed by atoms with van der Waals surface area (Å²) in [7, 11) is -4.51. The molecule has 0 fully saturated rings. The second-order valence-electron chi connectivity index (χ2n) is 7.53. The molecule has 1 heterocycles. The van der Waals surface area contributed by atoms with Crippen LogP contribution in [0.2, 0.25) is 0 Å². The number of rotatable bonds is 8. The summed E-state index contributed by atoms with van der Waals surface area (Å²) in [5, 5.41) is 8.89. The normalized spacial score (nSPS) is 12.8. The Kier molecular flexibility index (Phi) is 7.51. The van der Waals surface area contributed by atoms with Crippen molar-refractivity contribution in [2.24, 2.45) is 0 Å². The van der Waals surface area contributed by atoms with E-state index in [4.69, 9.17) is 5.26 Å². The highest BCUT2D eigenvalue weighted by molar-refractivity contribution is 7.89. The Hall–Kier alpha value is -3.22. The van der Waals surface area contributed by atoms with Crippen molar-refractivity contribution >= 4 is 10.0 Å². The van der Waals surface area contributed by atoms with E-state index in [1.807, 2.05) is 25.1 Å². The van der Waals surface area contributed by atoms with Gasteiger partial charge in [-0.25, -0.2) is 13.1 Å². The number of pyridine rings is 1. The molecule has 0 amide bonds. The summed E-state index contributed by atoms with van der Waals surface area (Å²) < 4.78 is 68.8. The predicted molar refractivity (Wildman–Crippen MR) is 118 cm³/mol. The number of hydrogen-bond acceptors (Lipinski definition) is 4. The van der Waals surface area contributed by atoms with Crippen LogP contribution in [0.3, 0.4) is 0 Å². The average molecular weight is 474 g/mol. The first kappa shape index (κ1) is 24.4. The molecule has 0 aliphatic carbocycles. The van der Waals surface area contributed by atoms with Crippen LogP contribution < -0.4 is 4.72 Å². The van der Waals surface area contributed by atoms with Crippen molar-refractivity contribution in [3.63, 3.8) is 0 Å². The summed E-state index contributed by atoms with van der Waals surface area (Å²) >= 11 is 0. The molecule has 0 unspecified atom stereocenters. The molecule has 3 rings (SSSR count). The molecule has 1 atom stereocenters. The predicted octanol–water partition coefficient (Wildman–Crippen LogP) is 5.79. The second-order valence-corrected chi connectivity index (χ2v) is 9.22. The number of nitriles is 1. The van der Waals surface area contributed by atoms with Gasteiger partial charge in [-0.15, -0.1) is 0 Å². The van der Waals surface area contributed by atoms with Gasteiger partial charge in [0.05, 0.1) is 16.5 Å². The molecule has 0 radical (unpaired) electrons. The lowest BCUT2D eigenvalue weighted by atomic mass is 9.96. The van der Waals surface area contributed by atoms with Crippen LogP contribution >= 0.6 is 0 Å². The van der Waals surface area contributed by atoms with Gasteiger partial charge in [-0.2, -0.15) is 18.4 Å². The first-order chi connectivity index (χ1) is 15.6. The summed E-state index contributed by atoms with van der Waals surface area (Å²) in [5.41, 5.74) is 2.03. The summed E-state index contributed by atoms with van der Waals surface area (Å²) in [4.78, 5) is 3.24. The standard InChI is InChI=1S/C24H22F3N3O2S/c1-17-16-29-14-12-20(17)18-7-6-8-19(15-18)22(10-4-5-13-28)30-33(31,32)23-11-3-2-9-21(23)24(25,26)27/h2-3,6-9,11-12,14-16,22,30H,4-5,10H2,1H3/t22-/m0/s1. The van der Waals surface area contributed by atoms with Gasteiger partial charge in [0.25, 0.3) is 0 Å². The van der Waals surface area contributed by atoms with Crippen LogP contribution in [0.25, 0.3) is 11.1 Å². The molecule has 172 valence electrons. The smallest absolute Gasteiger partial charge is 0.264 e. The van der Waals surface area contributed by atoms with Crippen molar-refractivity contribution < 1.29 is 21.6 Å². The maximum atomic E-state index is 13.4. The Balaban J connectivity index is 2.01. The Bertz CT molecular complexity index is 1270. The number of sulfonamides is 1. The van der Waals surface area contributed by atoms with Crippen LogP contribution in [0, 0.1) is 18.3 Å². The topological polar surface area (TPSA) is 82.8 Å². The molecule has 0 saturated carbocycles. The third kappa shape index (κ3) is 5.97. The number of aryl methyl sites for hydroxylation is 1. The Morgan fingerprint density at radius 3 is 2.58 bits per heavy atom. The quantitative estimate of drug-likeness (QED) is 0.420. The van der Waals surface area contributed by atoms with Gasteiger partial charge in [-0.3, -0.25) is 4.98 Å². The van der Waals surface area contributed by atoms with Crippen molar-refractivity contribution in [1.29, 1.82) is 5.26 Å². The average Bonchev–Trinajstić information content (AvgIpc) is 2.78. The van der Waals surface area contributed by atoms with Gasteiger partial charge in [0.15, 0.2) is 0 Å². The molecule has 0 aliphatic heterocycles. The maximum Gasteiger partial charge on any atom is 0.417 e. The minimum Gasteiger partial charge on any atom is -0.264 e. The van der Waals surface area contributed by atoms with Crippen molar-refractivity contribution in [2.45, 2.75) is 43.3 Å². The first-order valence-electron chi connectivity index (χ1n) is 10.2. The van der Waals surface area contributed by atoms with Crippen molar-refractivity contribution in [3.05, 3.63) is 83.7 Å². The monoisotopic (exact) mass is 473 g/mol. The molecule has 1 N–H and O–H groups in total. The highest BCUT2D eigenvalue weighted by atomic mass is 32.2. The summed E-state index contributed by atoms with van der Waals surface area (Å²) in [6.45, 7) is 1.90. The SMILES string of the molecule is Cc1cnccc1-c1cccc([C@H](CCCC#N)NS(=O)(=O)c2ccccc2C(F)(F)F)c1. The van der Waals surface area contributed by atoms with Crippen LogP contribution in [-0.2, 0) is 16.2 Å². The Labute approximate surface area is 191 Å². The molecule has 5 nitrogen and oxygen atoms in total. The van der Waals surface area contributed by atoms with E-state index in [1.54, 1.807) is 30.6 Å². The van der Waals surface area contributed by atoms with Gasteiger partial charge in [0, 0.05) is 24.9 Å². The minimum atomic E-state index is -4.82. The molecular formula is C24H22F3N3O2S. The van der Waals surface area contributed by atoms with Gasteiger partial charge in [-0.1, -0.05) is 30.3 Å². The number of alkyl halides is 3. The molecular weight excluding hydrogens is 451 g/mol. The summed E-state index contributed by atoms with van der Waals surface area (Å²) in [6, 6.07) is 14.3. The first-order valence-corrected chi connectivity index (χ1v) is 11.7. The third-order valence-corrected chi connectivity index (χ3v) is 6.71. The summed E-state index contributed by atoms with van der Waals surface area (Å²) in [5.74, 6) is 0. The molecule has 9 heteroatoms. The number of nitrogens with one attached hydrogen (secondary N) is 1. The van der Waals surface area contributed by atoms with E-state index in [9.17, 15) is 21.6 Å². The van der Waals surface area contributed by atoms with E-state index in [-0.39, 0.29) is 12.8 Å². The molecule has 1 aromatic heterocycles. The van der Waals surface area contributed by atoms with Crippen molar-refractivity contribution in [3.8, 4) is 17.2 Å². The molecule has 2 aromatic carbocycles. The number of hydrogen-bond donors (Lipinski definition) is 1. The lowest BCUT2D eigenvalue weighted by Gasteiger charge is -2.21. The number of benzene rings is 2. The second kappa shape index (κ2) is 10.1. The number of halogens is 3. The van der Waals surface area contributed by atoms with Gasteiger partial charge in [0.1, 0.15) is 0 Å². The highest BCUT2D eigenvalue weighted by Gasteiger charge is 2.37. The molecule has 0 aliphatic rings. The van der Waals surface area contributed by atoms with E-state index in [1.165, 1.54) is 6.07 Å². The fraction of sp³-hybridized carbons (Fsp3) is 0.250. The fourth-order valence-corrected chi connectivity index (χ4v) is 5.07. The van der Waals surface area contributed by atoms with E-state index in [0.717, 1.165) is 34.9 Å². The zero-order valence-corrected chi connectivity index (χ0v) is 18.6. The van der Waals surface area contributed by atoms with Crippen LogP contribution in [-0.4, -0.2) is 13.4 Å². The molecule has 3 aromatic rings. The Morgan fingerprint density at radius 1 is 1.12 bits per heavy atom. The number of nitrogens with zero attached hydrogens (tertiary/aromatic N) is 2.